The van der Waals surface area contributed by atoms with Crippen molar-refractivity contribution in [3.8, 4) is 11.1 Å². The second kappa shape index (κ2) is 18.9. The molecule has 0 aliphatic heterocycles. The van der Waals surface area contributed by atoms with Gasteiger partial charge >= 0.3 is 0 Å². The number of nitrogens with zero attached hydrogens (tertiary/aromatic N) is 3. The molecule has 0 bridgehead atoms. The fourth-order valence-electron chi connectivity index (χ4n) is 5.53. The molecule has 0 aliphatic carbocycles. The van der Waals surface area contributed by atoms with Crippen LogP contribution in [-0.2, 0) is 46.8 Å². The van der Waals surface area contributed by atoms with Crippen molar-refractivity contribution < 1.29 is 23.5 Å². The number of aryl methyl sites for hydroxylation is 1. The number of anilines is 1. The zero-order valence-electron chi connectivity index (χ0n) is 27.0. The molecule has 0 fully saturated rings. The lowest BCUT2D eigenvalue weighted by Gasteiger charge is -2.27. The first-order valence-corrected chi connectivity index (χ1v) is 18.2. The predicted molar refractivity (Wildman–Crippen MR) is 194 cm³/mol. The standard InChI is InChI=1S/C36H43ClN4O5S2/c1-2-3-15-33-39-35(37)32(24-42)40(33)23-27-17-19-28(20-18-27)30-13-7-8-14-31(30)41(48(45)46)34(43)16-9-10-21-38-36(44)29(25-47)22-26-11-5-4-6-12-26/h4-8,11-14,17-20,29,42,47H,2-3,9-10,15-16,21-25H2,1H3,(H,38,44)(H,45,46)/p-1. The molecule has 0 spiro atoms. The van der Waals surface area contributed by atoms with Crippen molar-refractivity contribution in [3.05, 3.63) is 107 Å². The summed E-state index contributed by atoms with van der Waals surface area (Å²) in [6.07, 6.45) is 4.21. The Hall–Kier alpha value is -3.48. The summed E-state index contributed by atoms with van der Waals surface area (Å²) in [5, 5.41) is 13.1. The average Bonchev–Trinajstić information content (AvgIpc) is 3.39. The number of halogens is 1. The number of aliphatic hydroxyl groups is 1. The topological polar surface area (TPSA) is 128 Å². The highest BCUT2D eigenvalue weighted by atomic mass is 35.5. The molecule has 4 rings (SSSR count). The molecule has 0 aliphatic rings. The summed E-state index contributed by atoms with van der Waals surface area (Å²) in [5.41, 5.74) is 4.18. The van der Waals surface area contributed by atoms with Gasteiger partial charge in [-0.25, -0.2) is 9.29 Å². The van der Waals surface area contributed by atoms with E-state index in [0.29, 0.717) is 54.5 Å². The van der Waals surface area contributed by atoms with E-state index in [2.05, 4.69) is 29.9 Å². The molecule has 1 heterocycles. The molecule has 1 aromatic heterocycles. The lowest BCUT2D eigenvalue weighted by Crippen LogP contribution is -2.34. The van der Waals surface area contributed by atoms with Crippen molar-refractivity contribution in [3.63, 3.8) is 0 Å². The van der Waals surface area contributed by atoms with Crippen molar-refractivity contribution in [1.82, 2.24) is 14.9 Å². The Kier molecular flexibility index (Phi) is 14.7. The van der Waals surface area contributed by atoms with Gasteiger partial charge in [0.05, 0.1) is 35.2 Å². The van der Waals surface area contributed by atoms with Crippen molar-refractivity contribution in [2.45, 2.75) is 65.0 Å². The lowest BCUT2D eigenvalue weighted by molar-refractivity contribution is -0.124. The van der Waals surface area contributed by atoms with Gasteiger partial charge in [0.15, 0.2) is 5.15 Å². The van der Waals surface area contributed by atoms with Crippen LogP contribution in [0.2, 0.25) is 5.15 Å². The third kappa shape index (κ3) is 10.0. The van der Waals surface area contributed by atoms with E-state index in [-0.39, 0.29) is 30.5 Å². The molecule has 3 aromatic carbocycles. The highest BCUT2D eigenvalue weighted by Gasteiger charge is 2.21. The molecule has 2 amide bonds. The minimum absolute atomic E-state index is 0.00183. The Morgan fingerprint density at radius 2 is 1.73 bits per heavy atom. The Morgan fingerprint density at radius 1 is 1.02 bits per heavy atom. The molecule has 4 aromatic rings. The Balaban J connectivity index is 1.38. The Morgan fingerprint density at radius 3 is 2.40 bits per heavy atom. The van der Waals surface area contributed by atoms with E-state index in [4.69, 9.17) is 11.6 Å². The monoisotopic (exact) mass is 709 g/mol. The van der Waals surface area contributed by atoms with Crippen LogP contribution < -0.4 is 9.62 Å². The van der Waals surface area contributed by atoms with Crippen molar-refractivity contribution >= 4 is 53.0 Å². The quantitative estimate of drug-likeness (QED) is 0.0634. The zero-order chi connectivity index (χ0) is 34.5. The summed E-state index contributed by atoms with van der Waals surface area (Å²) in [5.74, 6) is 0.313. The minimum Gasteiger partial charge on any atom is -0.755 e. The third-order valence-electron chi connectivity index (χ3n) is 8.14. The molecule has 256 valence electrons. The van der Waals surface area contributed by atoms with E-state index in [1.807, 2.05) is 59.2 Å². The number of nitrogens with one attached hydrogen (secondary N) is 1. The van der Waals surface area contributed by atoms with Crippen LogP contribution in [-0.4, -0.2) is 47.5 Å². The number of benzene rings is 3. The molecular formula is C36H42ClN4O5S2-. The lowest BCUT2D eigenvalue weighted by atomic mass is 10.00. The van der Waals surface area contributed by atoms with Crippen LogP contribution in [0.25, 0.3) is 11.1 Å². The smallest absolute Gasteiger partial charge is 0.238 e. The highest BCUT2D eigenvalue weighted by molar-refractivity contribution is 7.81. The number of aromatic nitrogens is 2. The number of hydrogen-bond acceptors (Lipinski definition) is 7. The largest absolute Gasteiger partial charge is 0.755 e. The van der Waals surface area contributed by atoms with Crippen LogP contribution >= 0.6 is 24.2 Å². The number of carbonyl (C=O) groups excluding carboxylic acids is 2. The summed E-state index contributed by atoms with van der Waals surface area (Å²) in [6, 6.07) is 24.3. The van der Waals surface area contributed by atoms with Gasteiger partial charge in [-0.15, -0.1) is 0 Å². The summed E-state index contributed by atoms with van der Waals surface area (Å²) in [4.78, 5) is 30.4. The molecular weight excluding hydrogens is 668 g/mol. The molecule has 48 heavy (non-hydrogen) atoms. The van der Waals surface area contributed by atoms with Gasteiger partial charge in [-0.2, -0.15) is 12.6 Å². The van der Waals surface area contributed by atoms with Gasteiger partial charge in [0.25, 0.3) is 0 Å². The van der Waals surface area contributed by atoms with Gasteiger partial charge in [0.2, 0.25) is 11.8 Å². The fourth-order valence-corrected chi connectivity index (χ4v) is 6.66. The average molecular weight is 710 g/mol. The fraction of sp³-hybridized carbons (Fsp3) is 0.361. The molecule has 2 atom stereocenters. The number of unbranched alkanes of at least 4 members (excludes halogenated alkanes) is 2. The van der Waals surface area contributed by atoms with Crippen LogP contribution in [0, 0.1) is 5.92 Å². The summed E-state index contributed by atoms with van der Waals surface area (Å²) >= 11 is 7.82. The first-order chi connectivity index (χ1) is 23.3. The second-order valence-electron chi connectivity index (χ2n) is 11.6. The Bertz CT molecular complexity index is 1670. The number of thiol groups is 1. The normalized spacial score (nSPS) is 12.4. The highest BCUT2D eigenvalue weighted by Crippen LogP contribution is 2.33. The number of rotatable bonds is 18. The van der Waals surface area contributed by atoms with Gasteiger partial charge in [0.1, 0.15) is 5.82 Å². The van der Waals surface area contributed by atoms with Gasteiger partial charge < -0.3 is 19.5 Å². The predicted octanol–water partition coefficient (Wildman–Crippen LogP) is 6.29. The maximum Gasteiger partial charge on any atom is 0.238 e. The molecule has 9 nitrogen and oxygen atoms in total. The van der Waals surface area contributed by atoms with Crippen molar-refractivity contribution in [2.75, 3.05) is 16.6 Å². The second-order valence-corrected chi connectivity index (χ2v) is 13.1. The Labute approximate surface area is 295 Å². The summed E-state index contributed by atoms with van der Waals surface area (Å²) in [7, 11) is 0. The van der Waals surface area contributed by atoms with Gasteiger partial charge in [-0.05, 0) is 48.4 Å². The number of para-hydroxylation sites is 1. The maximum absolute atomic E-state index is 13.2. The molecule has 0 radical (unpaired) electrons. The van der Waals surface area contributed by atoms with E-state index in [9.17, 15) is 23.5 Å². The molecule has 0 saturated carbocycles. The van der Waals surface area contributed by atoms with Crippen LogP contribution in [0.1, 0.15) is 61.7 Å². The van der Waals surface area contributed by atoms with Crippen LogP contribution in [0.3, 0.4) is 0 Å². The van der Waals surface area contributed by atoms with E-state index in [0.717, 1.165) is 46.1 Å². The first kappa shape index (κ1) is 37.3. The molecule has 2 N–H and O–H groups in total. The number of carbonyl (C=O) groups is 2. The summed E-state index contributed by atoms with van der Waals surface area (Å²) in [6.45, 7) is 2.72. The van der Waals surface area contributed by atoms with Gasteiger partial charge in [0, 0.05) is 37.2 Å². The third-order valence-corrected chi connectivity index (χ3v) is 9.59. The minimum atomic E-state index is -2.84. The van der Waals surface area contributed by atoms with Crippen LogP contribution in [0.4, 0.5) is 5.69 Å². The number of imidazole rings is 1. The number of hydrogen-bond donors (Lipinski definition) is 3. The van der Waals surface area contributed by atoms with Crippen LogP contribution in [0.15, 0.2) is 78.9 Å². The van der Waals surface area contributed by atoms with Crippen molar-refractivity contribution in [2.24, 2.45) is 5.92 Å². The zero-order valence-corrected chi connectivity index (χ0v) is 29.5. The maximum atomic E-state index is 13.2. The summed E-state index contributed by atoms with van der Waals surface area (Å²) < 4.78 is 27.5. The van der Waals surface area contributed by atoms with E-state index < -0.39 is 17.2 Å². The number of aliphatic hydroxyl groups excluding tert-OH is 1. The molecule has 0 saturated heterocycles. The SMILES string of the molecule is CCCCc1nc(Cl)c(CO)n1Cc1ccc(-c2ccccc2N(C(=O)CCCCNC(=O)C(CS)Cc2ccccc2)S(=O)[O-])cc1. The molecule has 2 unspecified atom stereocenters. The van der Waals surface area contributed by atoms with Crippen molar-refractivity contribution in [1.29, 1.82) is 0 Å². The van der Waals surface area contributed by atoms with Crippen LogP contribution in [0.5, 0.6) is 0 Å². The number of amides is 2. The molecule has 12 heteroatoms. The van der Waals surface area contributed by atoms with Gasteiger partial charge in [-0.1, -0.05) is 97.7 Å². The van der Waals surface area contributed by atoms with E-state index in [1.54, 1.807) is 24.3 Å². The first-order valence-electron chi connectivity index (χ1n) is 16.1. The van der Waals surface area contributed by atoms with E-state index >= 15 is 0 Å². The van der Waals surface area contributed by atoms with E-state index in [1.165, 1.54) is 0 Å². The van der Waals surface area contributed by atoms with Gasteiger partial charge in [-0.3, -0.25) is 13.8 Å².